The standard InChI is InChI=1S/C33H36N6O4/c1-2-26-23(18-35-24(20-41)17-21-7-4-3-5-8-21)9-6-10-28(26)37-29-27(31(34)42)19-36-33-30(29)38-32(39-33)22-11-13-25(14-12-22)43-16-15-40/h3-14,19,24,35,40-41H,2,15-18,20H2,1H3,(H2,34,42)(H2,36,37,38,39)/t24-/m0/s1. The van der Waals surface area contributed by atoms with Crippen molar-refractivity contribution >= 4 is 28.4 Å². The molecule has 0 fully saturated rings. The maximum Gasteiger partial charge on any atom is 0.252 e. The molecule has 0 unspecified atom stereocenters. The highest BCUT2D eigenvalue weighted by Gasteiger charge is 2.20. The first-order chi connectivity index (χ1) is 21.0. The molecular weight excluding hydrogens is 544 g/mol. The number of imidazole rings is 1. The minimum absolute atomic E-state index is 0.0190. The van der Waals surface area contributed by atoms with Crippen LogP contribution in [0.15, 0.2) is 79.0 Å². The number of primary amides is 1. The molecule has 0 radical (unpaired) electrons. The Bertz CT molecular complexity index is 1670. The van der Waals surface area contributed by atoms with Gasteiger partial charge in [0.05, 0.1) is 24.5 Å². The molecule has 2 aromatic heterocycles. The quantitative estimate of drug-likeness (QED) is 0.115. The number of carbonyl (C=O) groups excluding carboxylic acids is 1. The highest BCUT2D eigenvalue weighted by molar-refractivity contribution is 6.06. The molecule has 0 aliphatic carbocycles. The number of amides is 1. The van der Waals surface area contributed by atoms with Crippen LogP contribution in [-0.2, 0) is 19.4 Å². The van der Waals surface area contributed by atoms with E-state index in [1.165, 1.54) is 6.20 Å². The number of hydrogen-bond donors (Lipinski definition) is 6. The van der Waals surface area contributed by atoms with Gasteiger partial charge in [-0.25, -0.2) is 9.97 Å². The molecule has 0 aliphatic rings. The van der Waals surface area contributed by atoms with Gasteiger partial charge in [-0.3, -0.25) is 4.79 Å². The molecule has 2 heterocycles. The van der Waals surface area contributed by atoms with Crippen LogP contribution in [0.1, 0.15) is 34.0 Å². The first-order valence-electron chi connectivity index (χ1n) is 14.3. The summed E-state index contributed by atoms with van der Waals surface area (Å²) >= 11 is 0. The van der Waals surface area contributed by atoms with Gasteiger partial charge in [-0.05, 0) is 59.9 Å². The van der Waals surface area contributed by atoms with Crippen molar-refractivity contribution in [1.82, 2.24) is 20.3 Å². The molecule has 222 valence electrons. The van der Waals surface area contributed by atoms with Crippen molar-refractivity contribution in [2.24, 2.45) is 5.73 Å². The number of nitrogens with zero attached hydrogens (tertiary/aromatic N) is 2. The van der Waals surface area contributed by atoms with Crippen molar-refractivity contribution in [3.05, 3.63) is 101 Å². The maximum absolute atomic E-state index is 12.5. The lowest BCUT2D eigenvalue weighted by Gasteiger charge is -2.20. The number of anilines is 2. The third-order valence-electron chi connectivity index (χ3n) is 7.28. The maximum atomic E-state index is 12.5. The normalized spacial score (nSPS) is 11.9. The van der Waals surface area contributed by atoms with E-state index in [9.17, 15) is 9.90 Å². The Morgan fingerprint density at radius 2 is 1.84 bits per heavy atom. The number of ether oxygens (including phenoxy) is 1. The van der Waals surface area contributed by atoms with Crippen molar-refractivity contribution in [2.75, 3.05) is 25.1 Å². The van der Waals surface area contributed by atoms with Gasteiger partial charge in [0.2, 0.25) is 0 Å². The Labute approximate surface area is 250 Å². The molecule has 0 aliphatic heterocycles. The molecule has 10 heteroatoms. The van der Waals surface area contributed by atoms with E-state index in [1.807, 2.05) is 42.5 Å². The van der Waals surface area contributed by atoms with Crippen LogP contribution in [0.5, 0.6) is 5.75 Å². The van der Waals surface area contributed by atoms with E-state index >= 15 is 0 Å². The summed E-state index contributed by atoms with van der Waals surface area (Å²) in [4.78, 5) is 24.9. The number of aromatic amines is 1. The summed E-state index contributed by atoms with van der Waals surface area (Å²) < 4.78 is 5.46. The van der Waals surface area contributed by atoms with Crippen molar-refractivity contribution in [2.45, 2.75) is 32.4 Å². The zero-order valence-electron chi connectivity index (χ0n) is 24.0. The average molecular weight is 581 g/mol. The first kappa shape index (κ1) is 29.7. The number of fused-ring (bicyclic) bond motifs is 1. The van der Waals surface area contributed by atoms with Gasteiger partial charge in [-0.2, -0.15) is 0 Å². The predicted molar refractivity (Wildman–Crippen MR) is 167 cm³/mol. The number of H-pyrrole nitrogens is 1. The van der Waals surface area contributed by atoms with E-state index < -0.39 is 5.91 Å². The minimum atomic E-state index is -0.616. The molecule has 0 saturated heterocycles. The molecule has 43 heavy (non-hydrogen) atoms. The number of nitrogens with two attached hydrogens (primary N) is 1. The second-order valence-corrected chi connectivity index (χ2v) is 10.2. The van der Waals surface area contributed by atoms with Crippen LogP contribution in [0.4, 0.5) is 11.4 Å². The molecule has 5 aromatic rings. The zero-order chi connectivity index (χ0) is 30.2. The van der Waals surface area contributed by atoms with E-state index in [-0.39, 0.29) is 31.4 Å². The summed E-state index contributed by atoms with van der Waals surface area (Å²) in [6.07, 6.45) is 2.90. The molecule has 5 rings (SSSR count). The zero-order valence-corrected chi connectivity index (χ0v) is 24.0. The van der Waals surface area contributed by atoms with Gasteiger partial charge in [0.25, 0.3) is 5.91 Å². The van der Waals surface area contributed by atoms with Gasteiger partial charge in [-0.15, -0.1) is 0 Å². The summed E-state index contributed by atoms with van der Waals surface area (Å²) in [5.74, 6) is 0.592. The summed E-state index contributed by atoms with van der Waals surface area (Å²) in [5, 5.41) is 25.9. The lowest BCUT2D eigenvalue weighted by Crippen LogP contribution is -2.34. The fraction of sp³-hybridized carbons (Fsp3) is 0.242. The molecule has 10 nitrogen and oxygen atoms in total. The number of benzene rings is 3. The summed E-state index contributed by atoms with van der Waals surface area (Å²) in [7, 11) is 0. The molecule has 0 spiro atoms. The number of carbonyl (C=O) groups is 1. The lowest BCUT2D eigenvalue weighted by molar-refractivity contribution is 0.100. The van der Waals surface area contributed by atoms with Crippen LogP contribution in [0.2, 0.25) is 0 Å². The number of rotatable bonds is 14. The Hall–Kier alpha value is -4.77. The molecule has 0 saturated carbocycles. The molecule has 1 atom stereocenters. The van der Waals surface area contributed by atoms with Crippen LogP contribution >= 0.6 is 0 Å². The number of aromatic nitrogens is 3. The second-order valence-electron chi connectivity index (χ2n) is 10.2. The van der Waals surface area contributed by atoms with Crippen molar-refractivity contribution < 1.29 is 19.7 Å². The average Bonchev–Trinajstić information content (AvgIpc) is 3.48. The number of aliphatic hydroxyl groups is 2. The van der Waals surface area contributed by atoms with Crippen LogP contribution in [-0.4, -0.2) is 56.9 Å². The Morgan fingerprint density at radius 1 is 1.05 bits per heavy atom. The monoisotopic (exact) mass is 580 g/mol. The third-order valence-corrected chi connectivity index (χ3v) is 7.28. The Morgan fingerprint density at radius 3 is 2.53 bits per heavy atom. The van der Waals surface area contributed by atoms with E-state index in [1.54, 1.807) is 12.1 Å². The van der Waals surface area contributed by atoms with E-state index in [0.29, 0.717) is 41.4 Å². The van der Waals surface area contributed by atoms with Crippen LogP contribution in [0.3, 0.4) is 0 Å². The first-order valence-corrected chi connectivity index (χ1v) is 14.3. The van der Waals surface area contributed by atoms with E-state index in [2.05, 4.69) is 45.7 Å². The molecule has 7 N–H and O–H groups in total. The van der Waals surface area contributed by atoms with Crippen molar-refractivity contribution in [3.63, 3.8) is 0 Å². The van der Waals surface area contributed by atoms with Gasteiger partial charge in [0, 0.05) is 30.0 Å². The minimum Gasteiger partial charge on any atom is -0.491 e. The molecule has 0 bridgehead atoms. The smallest absolute Gasteiger partial charge is 0.252 e. The SMILES string of the molecule is CCc1c(CN[C@H](CO)Cc2ccccc2)cccc1Nc1c(C(N)=O)cnc2[nH]c(-c3ccc(OCCO)cc3)nc12. The summed E-state index contributed by atoms with van der Waals surface area (Å²) in [6.45, 7) is 2.81. The van der Waals surface area contributed by atoms with Gasteiger partial charge in [-0.1, -0.05) is 49.4 Å². The van der Waals surface area contributed by atoms with Crippen molar-refractivity contribution in [1.29, 1.82) is 0 Å². The number of pyridine rings is 1. The highest BCUT2D eigenvalue weighted by atomic mass is 16.5. The highest BCUT2D eigenvalue weighted by Crippen LogP contribution is 2.32. The van der Waals surface area contributed by atoms with Crippen molar-refractivity contribution in [3.8, 4) is 17.1 Å². The fourth-order valence-corrected chi connectivity index (χ4v) is 5.10. The number of nitrogens with one attached hydrogen (secondary N) is 3. The van der Waals surface area contributed by atoms with Gasteiger partial charge in [0.15, 0.2) is 5.65 Å². The number of aliphatic hydroxyl groups excluding tert-OH is 2. The molecule has 1 amide bonds. The van der Waals surface area contributed by atoms with Crippen LogP contribution < -0.4 is 21.1 Å². The number of hydrogen-bond acceptors (Lipinski definition) is 8. The van der Waals surface area contributed by atoms with E-state index in [0.717, 1.165) is 34.4 Å². The lowest BCUT2D eigenvalue weighted by atomic mass is 10.0. The predicted octanol–water partition coefficient (Wildman–Crippen LogP) is 4.09. The molecule has 3 aromatic carbocycles. The van der Waals surface area contributed by atoms with Crippen LogP contribution in [0.25, 0.3) is 22.6 Å². The second kappa shape index (κ2) is 13.9. The fourth-order valence-electron chi connectivity index (χ4n) is 5.10. The molecular formula is C33H36N6O4. The van der Waals surface area contributed by atoms with Gasteiger partial charge >= 0.3 is 0 Å². The summed E-state index contributed by atoms with van der Waals surface area (Å²) in [5.41, 5.74) is 12.4. The van der Waals surface area contributed by atoms with E-state index in [4.69, 9.17) is 20.6 Å². The Balaban J connectivity index is 1.43. The van der Waals surface area contributed by atoms with Crippen LogP contribution in [0, 0.1) is 0 Å². The topological polar surface area (TPSA) is 158 Å². The Kier molecular flexibility index (Phi) is 9.63. The van der Waals surface area contributed by atoms with Gasteiger partial charge in [0.1, 0.15) is 23.7 Å². The largest absolute Gasteiger partial charge is 0.491 e. The summed E-state index contributed by atoms with van der Waals surface area (Å²) in [6, 6.07) is 23.3. The third kappa shape index (κ3) is 7.00. The van der Waals surface area contributed by atoms with Gasteiger partial charge < -0.3 is 36.3 Å².